The van der Waals surface area contributed by atoms with Gasteiger partial charge in [-0.1, -0.05) is 52.6 Å². The van der Waals surface area contributed by atoms with Crippen molar-refractivity contribution in [3.05, 3.63) is 81.7 Å². The van der Waals surface area contributed by atoms with Gasteiger partial charge in [0.1, 0.15) is 5.75 Å². The summed E-state index contributed by atoms with van der Waals surface area (Å²) in [5.74, 6) is 1.28. The maximum absolute atomic E-state index is 6.33. The maximum Gasteiger partial charge on any atom is 0.187 e. The molecule has 5 heteroatoms. The Kier molecular flexibility index (Phi) is 4.36. The number of rotatable bonds is 4. The lowest BCUT2D eigenvalue weighted by atomic mass is 10.0. The van der Waals surface area contributed by atoms with Gasteiger partial charge in [-0.2, -0.15) is 0 Å². The Balaban J connectivity index is 2.09. The van der Waals surface area contributed by atoms with Crippen LogP contribution in [0.5, 0.6) is 5.75 Å². The predicted octanol–water partition coefficient (Wildman–Crippen LogP) is 5.46. The molecule has 2 aromatic carbocycles. The van der Waals surface area contributed by atoms with E-state index in [1.165, 1.54) is 0 Å². The van der Waals surface area contributed by atoms with Crippen molar-refractivity contribution in [2.45, 2.75) is 13.0 Å². The summed E-state index contributed by atoms with van der Waals surface area (Å²) in [5, 5.41) is 4.86. The van der Waals surface area contributed by atoms with Crippen LogP contribution in [-0.4, -0.2) is 5.16 Å². The fourth-order valence-electron chi connectivity index (χ4n) is 2.19. The van der Waals surface area contributed by atoms with Crippen molar-refractivity contribution in [2.75, 3.05) is 0 Å². The van der Waals surface area contributed by atoms with E-state index < -0.39 is 6.10 Å². The van der Waals surface area contributed by atoms with E-state index in [-0.39, 0.29) is 0 Å². The zero-order valence-electron chi connectivity index (χ0n) is 11.8. The van der Waals surface area contributed by atoms with E-state index in [4.69, 9.17) is 32.5 Å². The molecule has 0 aliphatic carbocycles. The number of benzene rings is 2. The van der Waals surface area contributed by atoms with Gasteiger partial charge >= 0.3 is 0 Å². The molecule has 0 aliphatic rings. The van der Waals surface area contributed by atoms with Gasteiger partial charge in [0.25, 0.3) is 0 Å². The summed E-state index contributed by atoms with van der Waals surface area (Å²) in [4.78, 5) is 0. The van der Waals surface area contributed by atoms with Gasteiger partial charge in [0.15, 0.2) is 11.9 Å². The minimum atomic E-state index is -0.564. The Morgan fingerprint density at radius 2 is 1.68 bits per heavy atom. The molecule has 3 rings (SSSR count). The molecular weight excluding hydrogens is 321 g/mol. The molecule has 0 aliphatic heterocycles. The summed E-state index contributed by atoms with van der Waals surface area (Å²) in [6.07, 6.45) is 1.08. The quantitative estimate of drug-likeness (QED) is 0.636. The molecular formula is C17H13Cl2NO2. The molecule has 0 bridgehead atoms. The highest BCUT2D eigenvalue weighted by molar-refractivity contribution is 6.36. The summed E-state index contributed by atoms with van der Waals surface area (Å²) in [6.45, 7) is 1.90. The highest BCUT2D eigenvalue weighted by Crippen LogP contribution is 2.38. The number of ether oxygens (including phenoxy) is 1. The van der Waals surface area contributed by atoms with Crippen LogP contribution in [0.15, 0.2) is 59.3 Å². The van der Waals surface area contributed by atoms with Crippen LogP contribution in [-0.2, 0) is 0 Å². The lowest BCUT2D eigenvalue weighted by Gasteiger charge is -2.20. The molecule has 0 saturated carbocycles. The van der Waals surface area contributed by atoms with Crippen LogP contribution in [0, 0.1) is 6.92 Å². The second-order valence-corrected chi connectivity index (χ2v) is 5.63. The van der Waals surface area contributed by atoms with Crippen molar-refractivity contribution >= 4 is 23.2 Å². The van der Waals surface area contributed by atoms with Crippen molar-refractivity contribution in [1.82, 2.24) is 5.16 Å². The van der Waals surface area contributed by atoms with E-state index in [0.29, 0.717) is 27.1 Å². The van der Waals surface area contributed by atoms with Crippen LogP contribution in [0.3, 0.4) is 0 Å². The predicted molar refractivity (Wildman–Crippen MR) is 86.6 cm³/mol. The van der Waals surface area contributed by atoms with E-state index in [0.717, 1.165) is 5.56 Å². The number of aryl methyl sites for hydroxylation is 1. The minimum absolute atomic E-state index is 0.518. The summed E-state index contributed by atoms with van der Waals surface area (Å²) in [7, 11) is 0. The third-order valence-corrected chi connectivity index (χ3v) is 3.94. The first-order chi connectivity index (χ1) is 10.7. The molecule has 0 saturated heterocycles. The molecule has 1 heterocycles. The monoisotopic (exact) mass is 333 g/mol. The fraction of sp³-hybridized carbons (Fsp3) is 0.118. The number of nitrogens with zero attached hydrogens (tertiary/aromatic N) is 1. The van der Waals surface area contributed by atoms with Crippen LogP contribution in [0.25, 0.3) is 0 Å². The second-order valence-electron chi connectivity index (χ2n) is 4.82. The Hall–Kier alpha value is -1.97. The van der Waals surface area contributed by atoms with E-state index in [9.17, 15) is 0 Å². The summed E-state index contributed by atoms with van der Waals surface area (Å²) in [5.41, 5.74) is 1.53. The van der Waals surface area contributed by atoms with E-state index in [2.05, 4.69) is 5.16 Å². The molecule has 1 atom stereocenters. The Morgan fingerprint density at radius 3 is 2.27 bits per heavy atom. The van der Waals surface area contributed by atoms with Crippen LogP contribution >= 0.6 is 23.2 Å². The standard InChI is InChI=1S/C17H13Cl2NO2/c1-11-10-20-22-16(11)17(21-12-6-3-2-4-7-12)15-13(18)8-5-9-14(15)19/h2-10,17H,1H3. The number of hydrogen-bond donors (Lipinski definition) is 0. The van der Waals surface area contributed by atoms with Crippen LogP contribution in [0.4, 0.5) is 0 Å². The fourth-order valence-corrected chi connectivity index (χ4v) is 2.79. The zero-order chi connectivity index (χ0) is 15.5. The van der Waals surface area contributed by atoms with Gasteiger partial charge in [-0.25, -0.2) is 0 Å². The second kappa shape index (κ2) is 6.42. The lowest BCUT2D eigenvalue weighted by molar-refractivity contribution is 0.199. The summed E-state index contributed by atoms with van der Waals surface area (Å²) in [6, 6.07) is 14.8. The highest BCUT2D eigenvalue weighted by Gasteiger charge is 2.27. The van der Waals surface area contributed by atoms with E-state index in [1.54, 1.807) is 24.4 Å². The minimum Gasteiger partial charge on any atom is -0.477 e. The van der Waals surface area contributed by atoms with Crippen LogP contribution in [0.2, 0.25) is 10.0 Å². The van der Waals surface area contributed by atoms with Crippen molar-refractivity contribution in [3.8, 4) is 5.75 Å². The van der Waals surface area contributed by atoms with Gasteiger partial charge in [0.05, 0.1) is 6.20 Å². The topological polar surface area (TPSA) is 35.3 Å². The molecule has 1 aromatic heterocycles. The smallest absolute Gasteiger partial charge is 0.187 e. The molecule has 112 valence electrons. The molecule has 22 heavy (non-hydrogen) atoms. The molecule has 0 radical (unpaired) electrons. The Labute approximate surface area is 138 Å². The van der Waals surface area contributed by atoms with Crippen molar-refractivity contribution < 1.29 is 9.26 Å². The average Bonchev–Trinajstić information content (AvgIpc) is 2.93. The molecule has 3 nitrogen and oxygen atoms in total. The summed E-state index contributed by atoms with van der Waals surface area (Å²) < 4.78 is 11.5. The molecule has 0 amide bonds. The highest BCUT2D eigenvalue weighted by atomic mass is 35.5. The van der Waals surface area contributed by atoms with Gasteiger partial charge in [-0.05, 0) is 31.2 Å². The first kappa shape index (κ1) is 14.9. The first-order valence-electron chi connectivity index (χ1n) is 6.73. The molecule has 0 fully saturated rings. The molecule has 3 aromatic rings. The molecule has 0 N–H and O–H groups in total. The van der Waals surface area contributed by atoms with Crippen molar-refractivity contribution in [3.63, 3.8) is 0 Å². The van der Waals surface area contributed by atoms with E-state index >= 15 is 0 Å². The maximum atomic E-state index is 6.33. The number of halogens is 2. The number of para-hydroxylation sites is 1. The third kappa shape index (κ3) is 2.96. The van der Waals surface area contributed by atoms with Gasteiger partial charge < -0.3 is 9.26 Å². The largest absolute Gasteiger partial charge is 0.477 e. The van der Waals surface area contributed by atoms with Crippen molar-refractivity contribution in [1.29, 1.82) is 0 Å². The van der Waals surface area contributed by atoms with Crippen LogP contribution < -0.4 is 4.74 Å². The number of aromatic nitrogens is 1. The van der Waals surface area contributed by atoms with E-state index in [1.807, 2.05) is 37.3 Å². The lowest BCUT2D eigenvalue weighted by Crippen LogP contribution is -2.11. The van der Waals surface area contributed by atoms with Gasteiger partial charge in [-0.15, -0.1) is 0 Å². The SMILES string of the molecule is Cc1cnoc1C(Oc1ccccc1)c1c(Cl)cccc1Cl. The van der Waals surface area contributed by atoms with Gasteiger partial charge in [-0.3, -0.25) is 0 Å². The van der Waals surface area contributed by atoms with Crippen LogP contribution in [0.1, 0.15) is 23.0 Å². The molecule has 1 unspecified atom stereocenters. The zero-order valence-corrected chi connectivity index (χ0v) is 13.3. The molecule has 0 spiro atoms. The number of hydrogen-bond acceptors (Lipinski definition) is 3. The van der Waals surface area contributed by atoms with Crippen molar-refractivity contribution in [2.24, 2.45) is 0 Å². The third-order valence-electron chi connectivity index (χ3n) is 3.28. The first-order valence-corrected chi connectivity index (χ1v) is 7.49. The van der Waals surface area contributed by atoms with Gasteiger partial charge in [0.2, 0.25) is 0 Å². The Bertz CT molecular complexity index is 751. The average molecular weight is 334 g/mol. The Morgan fingerprint density at radius 1 is 1.00 bits per heavy atom. The normalized spacial score (nSPS) is 12.1. The van der Waals surface area contributed by atoms with Gasteiger partial charge in [0, 0.05) is 21.2 Å². The summed E-state index contributed by atoms with van der Waals surface area (Å²) >= 11 is 12.7.